The Morgan fingerprint density at radius 1 is 1.50 bits per heavy atom. The van der Waals surface area contributed by atoms with Gasteiger partial charge in [-0.2, -0.15) is 0 Å². The van der Waals surface area contributed by atoms with Crippen LogP contribution in [0.1, 0.15) is 37.3 Å². The molecule has 4 heteroatoms. The number of methoxy groups -OCH3 is 1. The molecule has 18 heavy (non-hydrogen) atoms. The van der Waals surface area contributed by atoms with Crippen LogP contribution in [0.4, 0.5) is 4.39 Å². The molecule has 1 aromatic carbocycles. The van der Waals surface area contributed by atoms with Gasteiger partial charge in [0.2, 0.25) is 0 Å². The molecule has 1 aliphatic rings. The van der Waals surface area contributed by atoms with Crippen molar-refractivity contribution in [1.29, 1.82) is 0 Å². The van der Waals surface area contributed by atoms with E-state index in [4.69, 9.17) is 9.84 Å². The van der Waals surface area contributed by atoms with E-state index in [2.05, 4.69) is 0 Å². The van der Waals surface area contributed by atoms with Crippen molar-refractivity contribution in [2.24, 2.45) is 0 Å². The van der Waals surface area contributed by atoms with E-state index >= 15 is 0 Å². The highest BCUT2D eigenvalue weighted by atomic mass is 19.1. The number of ether oxygens (including phenoxy) is 1. The maximum absolute atomic E-state index is 14.0. The Hall–Kier alpha value is -1.58. The summed E-state index contributed by atoms with van der Waals surface area (Å²) in [6.07, 6.45) is 2.21. The Labute approximate surface area is 106 Å². The quantitative estimate of drug-likeness (QED) is 0.876. The van der Waals surface area contributed by atoms with Crippen LogP contribution in [0.5, 0.6) is 5.75 Å². The predicted molar refractivity (Wildman–Crippen MR) is 65.5 cm³/mol. The van der Waals surface area contributed by atoms with Crippen LogP contribution in [0.3, 0.4) is 0 Å². The normalized spacial score (nSPS) is 16.4. The van der Waals surface area contributed by atoms with E-state index in [0.717, 1.165) is 18.4 Å². The number of aliphatic carboxylic acids is 1. The molecule has 98 valence electrons. The van der Waals surface area contributed by atoms with Crippen molar-refractivity contribution < 1.29 is 19.0 Å². The van der Waals surface area contributed by atoms with Crippen molar-refractivity contribution >= 4 is 5.97 Å². The third-order valence-electron chi connectivity index (χ3n) is 3.68. The zero-order chi connectivity index (χ0) is 13.3. The topological polar surface area (TPSA) is 46.5 Å². The number of rotatable bonds is 5. The first-order chi connectivity index (χ1) is 8.52. The highest BCUT2D eigenvalue weighted by Gasteiger charge is 2.46. The minimum absolute atomic E-state index is 0.0566. The van der Waals surface area contributed by atoms with E-state index in [-0.39, 0.29) is 17.7 Å². The van der Waals surface area contributed by atoms with E-state index < -0.39 is 5.97 Å². The van der Waals surface area contributed by atoms with Gasteiger partial charge in [0.15, 0.2) is 0 Å². The lowest BCUT2D eigenvalue weighted by atomic mass is 9.90. The van der Waals surface area contributed by atoms with E-state index in [1.165, 1.54) is 13.2 Å². The van der Waals surface area contributed by atoms with E-state index in [0.29, 0.717) is 17.7 Å². The van der Waals surface area contributed by atoms with Gasteiger partial charge in [-0.05, 0) is 37.0 Å². The van der Waals surface area contributed by atoms with Gasteiger partial charge in [-0.25, -0.2) is 4.39 Å². The van der Waals surface area contributed by atoms with Crippen molar-refractivity contribution in [3.05, 3.63) is 29.1 Å². The molecule has 0 amide bonds. The minimum Gasteiger partial charge on any atom is -0.496 e. The second-order valence-electron chi connectivity index (χ2n) is 4.84. The Morgan fingerprint density at radius 3 is 2.61 bits per heavy atom. The number of benzene rings is 1. The molecule has 1 fully saturated rings. The van der Waals surface area contributed by atoms with Crippen LogP contribution < -0.4 is 4.74 Å². The lowest BCUT2D eigenvalue weighted by molar-refractivity contribution is -0.137. The molecule has 3 nitrogen and oxygen atoms in total. The molecular weight excluding hydrogens is 235 g/mol. The van der Waals surface area contributed by atoms with Crippen molar-refractivity contribution in [2.45, 2.75) is 38.0 Å². The molecule has 1 N–H and O–H groups in total. The van der Waals surface area contributed by atoms with Crippen LogP contribution in [0.15, 0.2) is 12.1 Å². The van der Waals surface area contributed by atoms with E-state index in [1.54, 1.807) is 6.07 Å². The third kappa shape index (κ3) is 2.19. The summed E-state index contributed by atoms with van der Waals surface area (Å²) in [4.78, 5) is 10.9. The molecule has 1 saturated carbocycles. The summed E-state index contributed by atoms with van der Waals surface area (Å²) in [5.41, 5.74) is 0.912. The molecule has 2 rings (SSSR count). The zero-order valence-electron chi connectivity index (χ0n) is 10.6. The number of hydrogen-bond donors (Lipinski definition) is 1. The molecule has 1 aliphatic carbocycles. The largest absolute Gasteiger partial charge is 0.496 e. The summed E-state index contributed by atoms with van der Waals surface area (Å²) in [5, 5.41) is 8.92. The minimum atomic E-state index is -0.841. The lowest BCUT2D eigenvalue weighted by Gasteiger charge is -2.17. The van der Waals surface area contributed by atoms with Crippen molar-refractivity contribution in [1.82, 2.24) is 0 Å². The highest BCUT2D eigenvalue weighted by molar-refractivity contribution is 5.70. The van der Waals surface area contributed by atoms with E-state index in [1.807, 2.05) is 6.92 Å². The fourth-order valence-electron chi connectivity index (χ4n) is 2.45. The van der Waals surface area contributed by atoms with Crippen molar-refractivity contribution in [3.63, 3.8) is 0 Å². The average molecular weight is 252 g/mol. The predicted octanol–water partition coefficient (Wildman–Crippen LogP) is 2.90. The van der Waals surface area contributed by atoms with Crippen molar-refractivity contribution in [3.8, 4) is 5.75 Å². The lowest BCUT2D eigenvalue weighted by Crippen LogP contribution is -2.14. The standard InChI is InChI=1S/C14H17FO3/c1-3-10-11(15)6-9(7-12(10)18-2)14(4-5-14)8-13(16)17/h6-7H,3-5,8H2,1-2H3,(H,16,17). The van der Waals surface area contributed by atoms with Crippen LogP contribution in [-0.2, 0) is 16.6 Å². The first-order valence-corrected chi connectivity index (χ1v) is 6.11. The number of carbonyl (C=O) groups is 1. The smallest absolute Gasteiger partial charge is 0.304 e. The Balaban J connectivity index is 2.41. The Morgan fingerprint density at radius 2 is 2.17 bits per heavy atom. The van der Waals surface area contributed by atoms with Crippen LogP contribution in [-0.4, -0.2) is 18.2 Å². The molecule has 0 spiro atoms. The first-order valence-electron chi connectivity index (χ1n) is 6.11. The molecule has 0 unspecified atom stereocenters. The summed E-state index contributed by atoms with van der Waals surface area (Å²) >= 11 is 0. The summed E-state index contributed by atoms with van der Waals surface area (Å²) in [6, 6.07) is 3.26. The van der Waals surface area contributed by atoms with Crippen molar-refractivity contribution in [2.75, 3.05) is 7.11 Å². The SMILES string of the molecule is CCc1c(F)cc(C2(CC(=O)O)CC2)cc1OC. The van der Waals surface area contributed by atoms with Crippen LogP contribution in [0, 0.1) is 5.82 Å². The van der Waals surface area contributed by atoms with Crippen LogP contribution >= 0.6 is 0 Å². The molecule has 0 aromatic heterocycles. The monoisotopic (exact) mass is 252 g/mol. The summed E-state index contributed by atoms with van der Waals surface area (Å²) in [6.45, 7) is 1.87. The van der Waals surface area contributed by atoms with Crippen LogP contribution in [0.2, 0.25) is 0 Å². The second kappa shape index (κ2) is 4.59. The zero-order valence-corrected chi connectivity index (χ0v) is 10.6. The van der Waals surface area contributed by atoms with Gasteiger partial charge in [-0.15, -0.1) is 0 Å². The number of hydrogen-bond acceptors (Lipinski definition) is 2. The van der Waals surface area contributed by atoms with Gasteiger partial charge in [0, 0.05) is 11.0 Å². The number of carboxylic acid groups (broad SMARTS) is 1. The molecule has 0 radical (unpaired) electrons. The average Bonchev–Trinajstić information content (AvgIpc) is 3.07. The molecule has 0 aliphatic heterocycles. The summed E-state index contributed by atoms with van der Waals surface area (Å²) < 4.78 is 19.2. The van der Waals surface area contributed by atoms with Gasteiger partial charge in [-0.1, -0.05) is 6.92 Å². The molecule has 0 saturated heterocycles. The highest BCUT2D eigenvalue weighted by Crippen LogP contribution is 2.52. The molecule has 0 atom stereocenters. The molecular formula is C14H17FO3. The molecule has 0 bridgehead atoms. The molecule has 1 aromatic rings. The van der Waals surface area contributed by atoms with Crippen LogP contribution in [0.25, 0.3) is 0 Å². The Bertz CT molecular complexity index is 478. The maximum atomic E-state index is 14.0. The van der Waals surface area contributed by atoms with Gasteiger partial charge in [0.1, 0.15) is 11.6 Å². The third-order valence-corrected chi connectivity index (χ3v) is 3.68. The van der Waals surface area contributed by atoms with E-state index in [9.17, 15) is 9.18 Å². The van der Waals surface area contributed by atoms with Gasteiger partial charge >= 0.3 is 5.97 Å². The van der Waals surface area contributed by atoms with Gasteiger partial charge < -0.3 is 9.84 Å². The fourth-order valence-corrected chi connectivity index (χ4v) is 2.45. The molecule has 0 heterocycles. The fraction of sp³-hybridized carbons (Fsp3) is 0.500. The number of halogens is 1. The Kier molecular flexibility index (Phi) is 3.28. The number of carboxylic acids is 1. The second-order valence-corrected chi connectivity index (χ2v) is 4.84. The van der Waals surface area contributed by atoms with Gasteiger partial charge in [0.05, 0.1) is 13.5 Å². The van der Waals surface area contributed by atoms with Gasteiger partial charge in [0.25, 0.3) is 0 Å². The summed E-state index contributed by atoms with van der Waals surface area (Å²) in [5.74, 6) is -0.626. The summed E-state index contributed by atoms with van der Waals surface area (Å²) in [7, 11) is 1.51. The first kappa shape index (κ1) is 12.9. The van der Waals surface area contributed by atoms with Gasteiger partial charge in [-0.3, -0.25) is 4.79 Å². The maximum Gasteiger partial charge on any atom is 0.304 e.